The van der Waals surface area contributed by atoms with E-state index in [9.17, 15) is 0 Å². The maximum absolute atomic E-state index is 6.11. The molecule has 2 aromatic rings. The number of para-hydroxylation sites is 1. The summed E-state index contributed by atoms with van der Waals surface area (Å²) in [5.74, 6) is 3.02. The standard InChI is InChI=1S/C17H23N5O/c1-13-15(23-14-7-5-4-6-8-14)16(20-17(18-2)19-13)22-11-9-21(3)10-12-22/h4-8H,9-12H2,1-3H3,(H,18,19,20). The van der Waals surface area contributed by atoms with Gasteiger partial charge in [0.2, 0.25) is 5.95 Å². The highest BCUT2D eigenvalue weighted by molar-refractivity contribution is 5.59. The summed E-state index contributed by atoms with van der Waals surface area (Å²) in [7, 11) is 3.98. The van der Waals surface area contributed by atoms with Gasteiger partial charge in [0.05, 0.1) is 5.69 Å². The number of anilines is 2. The molecule has 1 aliphatic heterocycles. The van der Waals surface area contributed by atoms with Crippen LogP contribution in [0.25, 0.3) is 0 Å². The lowest BCUT2D eigenvalue weighted by atomic mass is 10.3. The first-order valence-electron chi connectivity index (χ1n) is 7.90. The van der Waals surface area contributed by atoms with Gasteiger partial charge in [-0.3, -0.25) is 0 Å². The molecule has 0 saturated carbocycles. The Morgan fingerprint density at radius 2 is 1.74 bits per heavy atom. The van der Waals surface area contributed by atoms with Crippen LogP contribution in [-0.2, 0) is 0 Å². The molecule has 3 rings (SSSR count). The zero-order valence-corrected chi connectivity index (χ0v) is 13.9. The molecule has 23 heavy (non-hydrogen) atoms. The molecule has 1 aromatic heterocycles. The molecule has 0 spiro atoms. The predicted molar refractivity (Wildman–Crippen MR) is 92.5 cm³/mol. The van der Waals surface area contributed by atoms with Gasteiger partial charge in [-0.15, -0.1) is 0 Å². The Morgan fingerprint density at radius 1 is 1.04 bits per heavy atom. The molecule has 0 atom stereocenters. The fourth-order valence-electron chi connectivity index (χ4n) is 2.62. The minimum atomic E-state index is 0.622. The summed E-state index contributed by atoms with van der Waals surface area (Å²) in [6.07, 6.45) is 0. The van der Waals surface area contributed by atoms with Gasteiger partial charge in [-0.1, -0.05) is 18.2 Å². The van der Waals surface area contributed by atoms with Gasteiger partial charge >= 0.3 is 0 Å². The number of rotatable bonds is 4. The second-order valence-electron chi connectivity index (χ2n) is 5.74. The van der Waals surface area contributed by atoms with E-state index in [0.717, 1.165) is 49.2 Å². The third-order valence-electron chi connectivity index (χ3n) is 4.01. The molecule has 6 heteroatoms. The van der Waals surface area contributed by atoms with Crippen molar-refractivity contribution in [2.24, 2.45) is 0 Å². The minimum Gasteiger partial charge on any atom is -0.452 e. The van der Waals surface area contributed by atoms with Crippen LogP contribution in [0.2, 0.25) is 0 Å². The van der Waals surface area contributed by atoms with E-state index < -0.39 is 0 Å². The Hall–Kier alpha value is -2.34. The average molecular weight is 313 g/mol. The van der Waals surface area contributed by atoms with Gasteiger partial charge in [0.1, 0.15) is 5.75 Å². The van der Waals surface area contributed by atoms with Crippen molar-refractivity contribution in [3.8, 4) is 11.5 Å². The van der Waals surface area contributed by atoms with Gasteiger partial charge in [-0.05, 0) is 26.1 Å². The topological polar surface area (TPSA) is 53.5 Å². The molecule has 0 radical (unpaired) electrons. The van der Waals surface area contributed by atoms with Gasteiger partial charge in [0.25, 0.3) is 0 Å². The zero-order chi connectivity index (χ0) is 16.2. The number of aryl methyl sites for hydroxylation is 1. The molecule has 1 aromatic carbocycles. The van der Waals surface area contributed by atoms with Crippen LogP contribution in [0.1, 0.15) is 5.69 Å². The highest BCUT2D eigenvalue weighted by Crippen LogP contribution is 2.34. The van der Waals surface area contributed by atoms with Crippen molar-refractivity contribution in [2.45, 2.75) is 6.92 Å². The Morgan fingerprint density at radius 3 is 2.39 bits per heavy atom. The first-order valence-corrected chi connectivity index (χ1v) is 7.90. The quantitative estimate of drug-likeness (QED) is 0.935. The van der Waals surface area contributed by atoms with Gasteiger partial charge in [-0.25, -0.2) is 4.98 Å². The van der Waals surface area contributed by atoms with E-state index >= 15 is 0 Å². The fourth-order valence-corrected chi connectivity index (χ4v) is 2.62. The number of nitrogens with zero attached hydrogens (tertiary/aromatic N) is 4. The predicted octanol–water partition coefficient (Wildman–Crippen LogP) is 2.37. The number of nitrogens with one attached hydrogen (secondary N) is 1. The second kappa shape index (κ2) is 6.83. The largest absolute Gasteiger partial charge is 0.452 e. The molecule has 6 nitrogen and oxygen atoms in total. The molecule has 0 amide bonds. The highest BCUT2D eigenvalue weighted by atomic mass is 16.5. The number of likely N-dealkylation sites (N-methyl/N-ethyl adjacent to an activating group) is 1. The van der Waals surface area contributed by atoms with E-state index in [-0.39, 0.29) is 0 Å². The molecule has 1 saturated heterocycles. The van der Waals surface area contributed by atoms with Crippen molar-refractivity contribution in [3.63, 3.8) is 0 Å². The van der Waals surface area contributed by atoms with E-state index in [1.807, 2.05) is 44.3 Å². The number of aromatic nitrogens is 2. The van der Waals surface area contributed by atoms with Crippen molar-refractivity contribution in [2.75, 3.05) is 50.5 Å². The molecule has 2 heterocycles. The summed E-state index contributed by atoms with van der Waals surface area (Å²) >= 11 is 0. The monoisotopic (exact) mass is 313 g/mol. The van der Waals surface area contributed by atoms with Crippen LogP contribution in [0.3, 0.4) is 0 Å². The van der Waals surface area contributed by atoms with Crippen molar-refractivity contribution in [1.29, 1.82) is 0 Å². The normalized spacial score (nSPS) is 15.5. The smallest absolute Gasteiger partial charge is 0.224 e. The maximum Gasteiger partial charge on any atom is 0.224 e. The minimum absolute atomic E-state index is 0.622. The van der Waals surface area contributed by atoms with Crippen molar-refractivity contribution >= 4 is 11.8 Å². The van der Waals surface area contributed by atoms with Crippen LogP contribution in [0.5, 0.6) is 11.5 Å². The van der Waals surface area contributed by atoms with E-state index in [2.05, 4.69) is 32.1 Å². The Kier molecular flexibility index (Phi) is 4.62. The summed E-state index contributed by atoms with van der Waals surface area (Å²) in [6.45, 7) is 5.86. The third-order valence-corrected chi connectivity index (χ3v) is 4.01. The Bertz CT molecular complexity index is 654. The number of benzene rings is 1. The van der Waals surface area contributed by atoms with Crippen LogP contribution in [-0.4, -0.2) is 55.1 Å². The van der Waals surface area contributed by atoms with Crippen LogP contribution in [0.15, 0.2) is 30.3 Å². The van der Waals surface area contributed by atoms with Crippen LogP contribution in [0, 0.1) is 6.92 Å². The lowest BCUT2D eigenvalue weighted by Gasteiger charge is -2.34. The SMILES string of the molecule is CNc1nc(C)c(Oc2ccccc2)c(N2CCN(C)CC2)n1. The summed E-state index contributed by atoms with van der Waals surface area (Å²) in [4.78, 5) is 13.7. The first-order chi connectivity index (χ1) is 11.2. The fraction of sp³-hybridized carbons (Fsp3) is 0.412. The van der Waals surface area contributed by atoms with E-state index in [0.29, 0.717) is 5.95 Å². The number of hydrogen-bond donors (Lipinski definition) is 1. The number of hydrogen-bond acceptors (Lipinski definition) is 6. The average Bonchev–Trinajstić information content (AvgIpc) is 2.58. The Labute approximate surface area is 137 Å². The molecule has 0 unspecified atom stereocenters. The van der Waals surface area contributed by atoms with E-state index in [1.165, 1.54) is 0 Å². The summed E-state index contributed by atoms with van der Waals surface area (Å²) in [6, 6.07) is 9.78. The van der Waals surface area contributed by atoms with Gasteiger partial charge in [0.15, 0.2) is 11.6 Å². The lowest BCUT2D eigenvalue weighted by Crippen LogP contribution is -2.45. The zero-order valence-electron chi connectivity index (χ0n) is 13.9. The van der Waals surface area contributed by atoms with Crippen LogP contribution < -0.4 is 15.0 Å². The summed E-state index contributed by atoms with van der Waals surface area (Å²) in [5.41, 5.74) is 0.835. The molecule has 0 aliphatic carbocycles. The maximum atomic E-state index is 6.11. The molecular weight excluding hydrogens is 290 g/mol. The van der Waals surface area contributed by atoms with Crippen LogP contribution >= 0.6 is 0 Å². The third kappa shape index (κ3) is 3.53. The van der Waals surface area contributed by atoms with Crippen LogP contribution in [0.4, 0.5) is 11.8 Å². The summed E-state index contributed by atoms with van der Waals surface area (Å²) < 4.78 is 6.11. The van der Waals surface area contributed by atoms with Gasteiger partial charge in [-0.2, -0.15) is 4.98 Å². The lowest BCUT2D eigenvalue weighted by molar-refractivity contribution is 0.310. The number of piperazine rings is 1. The second-order valence-corrected chi connectivity index (χ2v) is 5.74. The highest BCUT2D eigenvalue weighted by Gasteiger charge is 2.22. The van der Waals surface area contributed by atoms with Crippen molar-refractivity contribution in [1.82, 2.24) is 14.9 Å². The molecule has 1 N–H and O–H groups in total. The molecular formula is C17H23N5O. The molecule has 122 valence electrons. The van der Waals surface area contributed by atoms with Gasteiger partial charge < -0.3 is 19.9 Å². The molecule has 0 bridgehead atoms. The Balaban J connectivity index is 1.96. The van der Waals surface area contributed by atoms with Crippen molar-refractivity contribution < 1.29 is 4.74 Å². The first kappa shape index (κ1) is 15.6. The summed E-state index contributed by atoms with van der Waals surface area (Å²) in [5, 5.41) is 3.03. The number of ether oxygens (including phenoxy) is 1. The molecule has 1 aliphatic rings. The molecule has 1 fully saturated rings. The van der Waals surface area contributed by atoms with Crippen molar-refractivity contribution in [3.05, 3.63) is 36.0 Å². The van der Waals surface area contributed by atoms with Gasteiger partial charge in [0, 0.05) is 33.2 Å². The van der Waals surface area contributed by atoms with E-state index in [4.69, 9.17) is 4.74 Å². The van der Waals surface area contributed by atoms with E-state index in [1.54, 1.807) is 0 Å².